The highest BCUT2D eigenvalue weighted by molar-refractivity contribution is 6.30. The number of anilines is 1. The van der Waals surface area contributed by atoms with E-state index in [2.05, 4.69) is 9.88 Å². The second kappa shape index (κ2) is 7.93. The fourth-order valence-electron chi connectivity index (χ4n) is 2.76. The molecule has 5 nitrogen and oxygen atoms in total. The zero-order valence-corrected chi connectivity index (χ0v) is 15.4. The Hall–Kier alpha value is -1.98. The van der Waals surface area contributed by atoms with Crippen molar-refractivity contribution in [2.45, 2.75) is 13.0 Å². The van der Waals surface area contributed by atoms with Crippen molar-refractivity contribution in [1.82, 2.24) is 9.88 Å². The Morgan fingerprint density at radius 1 is 1.12 bits per heavy atom. The molecule has 132 valence electrons. The Labute approximate surface area is 157 Å². The average Bonchev–Trinajstić information content (AvgIpc) is 2.62. The van der Waals surface area contributed by atoms with Crippen LogP contribution in [0.2, 0.25) is 10.0 Å². The van der Waals surface area contributed by atoms with E-state index in [9.17, 15) is 4.79 Å². The summed E-state index contributed by atoms with van der Waals surface area (Å²) in [7, 11) is 0. The second-order valence-electron chi connectivity index (χ2n) is 5.86. The quantitative estimate of drug-likeness (QED) is 0.815. The number of carbonyl (C=O) groups excluding carboxylic acids is 1. The molecule has 1 aliphatic heterocycles. The van der Waals surface area contributed by atoms with Crippen molar-refractivity contribution < 1.29 is 9.53 Å². The molecule has 2 heterocycles. The minimum atomic E-state index is -0.557. The number of ether oxygens (including phenoxy) is 1. The lowest BCUT2D eigenvalue weighted by atomic mass is 10.2. The molecule has 0 spiro atoms. The number of carbonyl (C=O) groups is 1. The van der Waals surface area contributed by atoms with Crippen molar-refractivity contribution in [1.29, 1.82) is 0 Å². The predicted octanol–water partition coefficient (Wildman–Crippen LogP) is 3.50. The van der Waals surface area contributed by atoms with E-state index in [1.165, 1.54) is 0 Å². The Balaban J connectivity index is 1.54. The van der Waals surface area contributed by atoms with Crippen LogP contribution in [0, 0.1) is 0 Å². The maximum Gasteiger partial charge on any atom is 0.263 e. The molecule has 1 atom stereocenters. The molecule has 25 heavy (non-hydrogen) atoms. The summed E-state index contributed by atoms with van der Waals surface area (Å²) < 4.78 is 5.72. The maximum atomic E-state index is 12.6. The molecule has 0 saturated carbocycles. The average molecular weight is 380 g/mol. The fourth-order valence-corrected chi connectivity index (χ4v) is 3.06. The summed E-state index contributed by atoms with van der Waals surface area (Å²) in [5, 5.41) is 1.20. The van der Waals surface area contributed by atoms with Gasteiger partial charge in [-0.25, -0.2) is 4.98 Å². The summed E-state index contributed by atoms with van der Waals surface area (Å²) >= 11 is 11.8. The summed E-state index contributed by atoms with van der Waals surface area (Å²) in [5.41, 5.74) is 0. The summed E-state index contributed by atoms with van der Waals surface area (Å²) in [6.45, 7) is 4.48. The number of nitrogens with zero attached hydrogens (tertiary/aromatic N) is 3. The Kier molecular flexibility index (Phi) is 5.66. The van der Waals surface area contributed by atoms with E-state index in [1.807, 2.05) is 17.0 Å². The number of hydrogen-bond donors (Lipinski definition) is 0. The van der Waals surface area contributed by atoms with Crippen LogP contribution in [0.4, 0.5) is 5.82 Å². The Bertz CT molecular complexity index is 731. The van der Waals surface area contributed by atoms with Gasteiger partial charge in [-0.15, -0.1) is 0 Å². The second-order valence-corrected chi connectivity index (χ2v) is 6.74. The molecule has 1 aromatic heterocycles. The summed E-state index contributed by atoms with van der Waals surface area (Å²) in [4.78, 5) is 20.9. The van der Waals surface area contributed by atoms with Gasteiger partial charge in [-0.3, -0.25) is 4.79 Å². The molecule has 1 amide bonds. The van der Waals surface area contributed by atoms with Crippen LogP contribution < -0.4 is 9.64 Å². The lowest BCUT2D eigenvalue weighted by molar-refractivity contribution is -0.138. The topological polar surface area (TPSA) is 45.7 Å². The largest absolute Gasteiger partial charge is 0.481 e. The van der Waals surface area contributed by atoms with Crippen LogP contribution in [0.5, 0.6) is 5.75 Å². The van der Waals surface area contributed by atoms with Crippen molar-refractivity contribution >= 4 is 34.9 Å². The Morgan fingerprint density at radius 2 is 1.88 bits per heavy atom. The number of benzene rings is 1. The molecule has 2 aromatic rings. The van der Waals surface area contributed by atoms with Crippen LogP contribution in [0.15, 0.2) is 42.6 Å². The van der Waals surface area contributed by atoms with Crippen LogP contribution in [0.25, 0.3) is 0 Å². The monoisotopic (exact) mass is 379 g/mol. The molecule has 0 radical (unpaired) electrons. The van der Waals surface area contributed by atoms with Gasteiger partial charge in [0, 0.05) is 37.4 Å². The van der Waals surface area contributed by atoms with E-state index in [4.69, 9.17) is 27.9 Å². The minimum absolute atomic E-state index is 0.0244. The van der Waals surface area contributed by atoms with Crippen molar-refractivity contribution in [3.8, 4) is 5.75 Å². The lowest BCUT2D eigenvalue weighted by Gasteiger charge is -2.36. The highest BCUT2D eigenvalue weighted by atomic mass is 35.5. The molecule has 0 N–H and O–H groups in total. The van der Waals surface area contributed by atoms with E-state index < -0.39 is 6.10 Å². The third kappa shape index (κ3) is 4.55. The zero-order valence-electron chi connectivity index (χ0n) is 13.9. The zero-order chi connectivity index (χ0) is 17.8. The number of amides is 1. The summed E-state index contributed by atoms with van der Waals surface area (Å²) in [6.07, 6.45) is 1.08. The standard InChI is InChI=1S/C18H19Cl2N3O2/c1-13(25-16-4-2-3-14(19)11-16)18(24)23-9-7-22(8-10-23)17-6-5-15(20)12-21-17/h2-6,11-13H,7-10H2,1H3. The number of rotatable bonds is 4. The first kappa shape index (κ1) is 17.8. The van der Waals surface area contributed by atoms with Gasteiger partial charge in [-0.05, 0) is 37.3 Å². The van der Waals surface area contributed by atoms with Crippen molar-refractivity contribution in [2.24, 2.45) is 0 Å². The molecule has 0 bridgehead atoms. The molecule has 1 fully saturated rings. The highest BCUT2D eigenvalue weighted by Gasteiger charge is 2.26. The number of aromatic nitrogens is 1. The van der Waals surface area contributed by atoms with Gasteiger partial charge >= 0.3 is 0 Å². The van der Waals surface area contributed by atoms with Gasteiger partial charge in [0.2, 0.25) is 0 Å². The third-order valence-corrected chi connectivity index (χ3v) is 4.54. The summed E-state index contributed by atoms with van der Waals surface area (Å²) in [5.74, 6) is 1.45. The normalized spacial score (nSPS) is 15.8. The van der Waals surface area contributed by atoms with Crippen molar-refractivity contribution in [3.63, 3.8) is 0 Å². The third-order valence-electron chi connectivity index (χ3n) is 4.08. The molecule has 1 unspecified atom stereocenters. The van der Waals surface area contributed by atoms with E-state index in [0.717, 1.165) is 18.9 Å². The molecular weight excluding hydrogens is 361 g/mol. The van der Waals surface area contributed by atoms with Gasteiger partial charge in [-0.1, -0.05) is 29.3 Å². The van der Waals surface area contributed by atoms with Crippen LogP contribution in [-0.2, 0) is 4.79 Å². The van der Waals surface area contributed by atoms with Crippen molar-refractivity contribution in [2.75, 3.05) is 31.1 Å². The van der Waals surface area contributed by atoms with Gasteiger partial charge in [0.1, 0.15) is 11.6 Å². The maximum absolute atomic E-state index is 12.6. The van der Waals surface area contributed by atoms with Gasteiger partial charge in [0.05, 0.1) is 5.02 Å². The first-order chi connectivity index (χ1) is 12.0. The number of hydrogen-bond acceptors (Lipinski definition) is 4. The van der Waals surface area contributed by atoms with Crippen LogP contribution >= 0.6 is 23.2 Å². The van der Waals surface area contributed by atoms with Crippen LogP contribution in [0.3, 0.4) is 0 Å². The van der Waals surface area contributed by atoms with E-state index in [1.54, 1.807) is 37.4 Å². The van der Waals surface area contributed by atoms with E-state index in [-0.39, 0.29) is 5.91 Å². The van der Waals surface area contributed by atoms with Gasteiger partial charge in [0.25, 0.3) is 5.91 Å². The first-order valence-corrected chi connectivity index (χ1v) is 8.86. The van der Waals surface area contributed by atoms with Crippen LogP contribution in [-0.4, -0.2) is 48.1 Å². The minimum Gasteiger partial charge on any atom is -0.481 e. The van der Waals surface area contributed by atoms with E-state index in [0.29, 0.717) is 28.9 Å². The molecule has 1 aromatic carbocycles. The number of piperazine rings is 1. The van der Waals surface area contributed by atoms with Gasteiger partial charge in [0.15, 0.2) is 6.10 Å². The first-order valence-electron chi connectivity index (χ1n) is 8.10. The van der Waals surface area contributed by atoms with Gasteiger partial charge in [-0.2, -0.15) is 0 Å². The predicted molar refractivity (Wildman–Crippen MR) is 99.6 cm³/mol. The molecule has 0 aliphatic carbocycles. The fraction of sp³-hybridized carbons (Fsp3) is 0.333. The van der Waals surface area contributed by atoms with Gasteiger partial charge < -0.3 is 14.5 Å². The molecular formula is C18H19Cl2N3O2. The van der Waals surface area contributed by atoms with Crippen molar-refractivity contribution in [3.05, 3.63) is 52.6 Å². The molecule has 1 saturated heterocycles. The lowest BCUT2D eigenvalue weighted by Crippen LogP contribution is -2.52. The number of halogens is 2. The summed E-state index contributed by atoms with van der Waals surface area (Å²) in [6, 6.07) is 10.8. The number of pyridine rings is 1. The highest BCUT2D eigenvalue weighted by Crippen LogP contribution is 2.20. The smallest absolute Gasteiger partial charge is 0.263 e. The van der Waals surface area contributed by atoms with Crippen LogP contribution in [0.1, 0.15) is 6.92 Å². The van der Waals surface area contributed by atoms with E-state index >= 15 is 0 Å². The Morgan fingerprint density at radius 3 is 2.52 bits per heavy atom. The SMILES string of the molecule is CC(Oc1cccc(Cl)c1)C(=O)N1CCN(c2ccc(Cl)cn2)CC1. The molecule has 7 heteroatoms. The molecule has 1 aliphatic rings. The molecule has 3 rings (SSSR count).